The van der Waals surface area contributed by atoms with E-state index in [0.717, 1.165) is 10.5 Å². The highest BCUT2D eigenvalue weighted by atomic mass is 35.5. The molecule has 0 aromatic heterocycles. The minimum absolute atomic E-state index is 0.0134. The van der Waals surface area contributed by atoms with E-state index in [2.05, 4.69) is 5.32 Å². The Morgan fingerprint density at radius 2 is 1.93 bits per heavy atom. The fraction of sp³-hybridized carbons (Fsp3) is 0.300. The normalized spacial score (nSPS) is 11.6. The number of halogens is 1. The van der Waals surface area contributed by atoms with Gasteiger partial charge in [0.25, 0.3) is 5.91 Å². The van der Waals surface area contributed by atoms with E-state index in [0.29, 0.717) is 23.0 Å². The van der Waals surface area contributed by atoms with Crippen LogP contribution in [0.1, 0.15) is 5.56 Å². The highest BCUT2D eigenvalue weighted by molar-refractivity contribution is 6.30. The molecule has 7 heteroatoms. The SMILES string of the molecule is COc1cccc(NC(=O)CN(C)C(=O)C[NH+](C)Cc2cccc(Cl)c2)c1. The second-order valence-electron chi connectivity index (χ2n) is 6.47. The Balaban J connectivity index is 1.82. The van der Waals surface area contributed by atoms with Gasteiger partial charge in [-0.3, -0.25) is 9.59 Å². The highest BCUT2D eigenvalue weighted by Crippen LogP contribution is 2.16. The van der Waals surface area contributed by atoms with Gasteiger partial charge in [0.2, 0.25) is 5.91 Å². The van der Waals surface area contributed by atoms with Crippen molar-refractivity contribution in [2.24, 2.45) is 0 Å². The Hall–Kier alpha value is -2.57. The van der Waals surface area contributed by atoms with E-state index >= 15 is 0 Å². The monoisotopic (exact) mass is 390 g/mol. The summed E-state index contributed by atoms with van der Waals surface area (Å²) in [7, 11) is 5.12. The van der Waals surface area contributed by atoms with Gasteiger partial charge < -0.3 is 19.9 Å². The first-order chi connectivity index (χ1) is 12.9. The van der Waals surface area contributed by atoms with Crippen molar-refractivity contribution in [2.75, 3.05) is 39.6 Å². The lowest BCUT2D eigenvalue weighted by Gasteiger charge is -2.20. The van der Waals surface area contributed by atoms with Gasteiger partial charge in [0.05, 0.1) is 20.7 Å². The van der Waals surface area contributed by atoms with E-state index in [4.69, 9.17) is 16.3 Å². The van der Waals surface area contributed by atoms with Gasteiger partial charge in [0, 0.05) is 29.4 Å². The number of quaternary nitrogens is 1. The zero-order valence-electron chi connectivity index (χ0n) is 15.8. The van der Waals surface area contributed by atoms with Crippen molar-refractivity contribution in [3.63, 3.8) is 0 Å². The number of amides is 2. The summed E-state index contributed by atoms with van der Waals surface area (Å²) in [6.45, 7) is 0.950. The zero-order valence-corrected chi connectivity index (χ0v) is 16.5. The number of methoxy groups -OCH3 is 1. The van der Waals surface area contributed by atoms with Gasteiger partial charge in [-0.1, -0.05) is 29.8 Å². The third-order valence-corrected chi connectivity index (χ3v) is 4.24. The van der Waals surface area contributed by atoms with Crippen molar-refractivity contribution in [2.45, 2.75) is 6.54 Å². The molecule has 0 aliphatic rings. The molecule has 0 aliphatic carbocycles. The number of nitrogens with zero attached hydrogens (tertiary/aromatic N) is 1. The van der Waals surface area contributed by atoms with Gasteiger partial charge in [-0.15, -0.1) is 0 Å². The van der Waals surface area contributed by atoms with Crippen molar-refractivity contribution in [3.05, 3.63) is 59.1 Å². The summed E-state index contributed by atoms with van der Waals surface area (Å²) < 4.78 is 5.13. The van der Waals surface area contributed by atoms with Crippen LogP contribution in [0.3, 0.4) is 0 Å². The maximum Gasteiger partial charge on any atom is 0.277 e. The zero-order chi connectivity index (χ0) is 19.8. The fourth-order valence-corrected chi connectivity index (χ4v) is 2.87. The second kappa shape index (κ2) is 9.94. The van der Waals surface area contributed by atoms with E-state index in [9.17, 15) is 9.59 Å². The number of carbonyl (C=O) groups excluding carboxylic acids is 2. The minimum Gasteiger partial charge on any atom is -0.497 e. The summed E-state index contributed by atoms with van der Waals surface area (Å²) in [4.78, 5) is 27.0. The van der Waals surface area contributed by atoms with Crippen LogP contribution >= 0.6 is 11.6 Å². The first kappa shape index (κ1) is 20.7. The van der Waals surface area contributed by atoms with E-state index in [1.54, 1.807) is 38.4 Å². The number of nitrogens with one attached hydrogen (secondary N) is 2. The molecule has 0 saturated heterocycles. The predicted octanol–water partition coefficient (Wildman–Crippen LogP) is 1.46. The lowest BCUT2D eigenvalue weighted by atomic mass is 10.2. The number of hydrogen-bond donors (Lipinski definition) is 2. The smallest absolute Gasteiger partial charge is 0.277 e. The molecule has 2 rings (SSSR count). The Bertz CT molecular complexity index is 798. The van der Waals surface area contributed by atoms with Crippen LogP contribution in [0.2, 0.25) is 5.02 Å². The van der Waals surface area contributed by atoms with Crippen molar-refractivity contribution in [1.82, 2.24) is 4.90 Å². The molecule has 0 bridgehead atoms. The molecule has 2 amide bonds. The third-order valence-electron chi connectivity index (χ3n) is 4.01. The molecular weight excluding hydrogens is 366 g/mol. The molecule has 0 fully saturated rings. The van der Waals surface area contributed by atoms with Gasteiger partial charge in [0.1, 0.15) is 12.3 Å². The Morgan fingerprint density at radius 1 is 1.19 bits per heavy atom. The van der Waals surface area contributed by atoms with E-state index in [1.165, 1.54) is 4.90 Å². The number of benzene rings is 2. The molecule has 6 nitrogen and oxygen atoms in total. The van der Waals surface area contributed by atoms with E-state index < -0.39 is 0 Å². The highest BCUT2D eigenvalue weighted by Gasteiger charge is 2.17. The van der Waals surface area contributed by atoms with Crippen LogP contribution in [-0.4, -0.2) is 51.0 Å². The van der Waals surface area contributed by atoms with Crippen molar-refractivity contribution in [3.8, 4) is 5.75 Å². The molecule has 2 N–H and O–H groups in total. The topological polar surface area (TPSA) is 63.1 Å². The van der Waals surface area contributed by atoms with Gasteiger partial charge >= 0.3 is 0 Å². The lowest BCUT2D eigenvalue weighted by Crippen LogP contribution is -3.08. The van der Waals surface area contributed by atoms with Gasteiger partial charge in [-0.05, 0) is 24.3 Å². The first-order valence-corrected chi connectivity index (χ1v) is 8.99. The number of rotatable bonds is 8. The Labute approximate surface area is 164 Å². The predicted molar refractivity (Wildman–Crippen MR) is 106 cm³/mol. The number of anilines is 1. The van der Waals surface area contributed by atoms with E-state index in [1.807, 2.05) is 31.3 Å². The minimum atomic E-state index is -0.258. The van der Waals surface area contributed by atoms with Crippen molar-refractivity contribution >= 4 is 29.1 Å². The fourth-order valence-electron chi connectivity index (χ4n) is 2.66. The van der Waals surface area contributed by atoms with Crippen molar-refractivity contribution < 1.29 is 19.2 Å². The Morgan fingerprint density at radius 3 is 2.63 bits per heavy atom. The standard InChI is InChI=1S/C20H24ClN3O3/c1-23(12-15-6-4-7-16(21)10-15)14-20(26)24(2)13-19(25)22-17-8-5-9-18(11-17)27-3/h4-11H,12-14H2,1-3H3,(H,22,25)/p+1. The average Bonchev–Trinajstić information content (AvgIpc) is 2.61. The number of hydrogen-bond acceptors (Lipinski definition) is 3. The molecular formula is C20H25ClN3O3+. The van der Waals surface area contributed by atoms with Gasteiger partial charge in [-0.25, -0.2) is 0 Å². The Kier molecular flexibility index (Phi) is 7.64. The van der Waals surface area contributed by atoms with Crippen LogP contribution in [0.5, 0.6) is 5.75 Å². The van der Waals surface area contributed by atoms with Crippen LogP contribution in [0, 0.1) is 0 Å². The molecule has 27 heavy (non-hydrogen) atoms. The number of likely N-dealkylation sites (N-methyl/N-ethyl adjacent to an activating group) is 2. The molecule has 2 aromatic carbocycles. The summed E-state index contributed by atoms with van der Waals surface area (Å²) in [6, 6.07) is 14.7. The summed E-state index contributed by atoms with van der Waals surface area (Å²) in [5.74, 6) is 0.297. The average molecular weight is 391 g/mol. The largest absolute Gasteiger partial charge is 0.497 e. The number of ether oxygens (including phenoxy) is 1. The summed E-state index contributed by atoms with van der Waals surface area (Å²) in [6.07, 6.45) is 0. The molecule has 1 atom stereocenters. The molecule has 0 saturated carbocycles. The lowest BCUT2D eigenvalue weighted by molar-refractivity contribution is -0.885. The summed E-state index contributed by atoms with van der Waals surface area (Å²) >= 11 is 5.99. The molecule has 0 spiro atoms. The summed E-state index contributed by atoms with van der Waals surface area (Å²) in [5.41, 5.74) is 1.69. The molecule has 0 heterocycles. The molecule has 0 radical (unpaired) electrons. The van der Waals surface area contributed by atoms with Crippen molar-refractivity contribution in [1.29, 1.82) is 0 Å². The molecule has 2 aromatic rings. The third kappa shape index (κ3) is 6.92. The molecule has 0 aliphatic heterocycles. The maximum atomic E-state index is 12.4. The van der Waals surface area contributed by atoms with Crippen LogP contribution in [0.4, 0.5) is 5.69 Å². The second-order valence-corrected chi connectivity index (χ2v) is 6.91. The molecule has 144 valence electrons. The first-order valence-electron chi connectivity index (χ1n) is 8.61. The summed E-state index contributed by atoms with van der Waals surface area (Å²) in [5, 5.41) is 3.45. The quantitative estimate of drug-likeness (QED) is 0.717. The van der Waals surface area contributed by atoms with Crippen LogP contribution in [0.15, 0.2) is 48.5 Å². The van der Waals surface area contributed by atoms with Gasteiger partial charge in [-0.2, -0.15) is 0 Å². The van der Waals surface area contributed by atoms with Crippen LogP contribution < -0.4 is 15.0 Å². The number of carbonyl (C=O) groups is 2. The van der Waals surface area contributed by atoms with Crippen LogP contribution in [-0.2, 0) is 16.1 Å². The van der Waals surface area contributed by atoms with E-state index in [-0.39, 0.29) is 24.9 Å². The van der Waals surface area contributed by atoms with Crippen LogP contribution in [0.25, 0.3) is 0 Å². The molecule has 1 unspecified atom stereocenters. The maximum absolute atomic E-state index is 12.4. The van der Waals surface area contributed by atoms with Gasteiger partial charge in [0.15, 0.2) is 6.54 Å².